The molecular formula is C21H30S3. The SMILES string of the molecule is CCc1ccc(C)s1.Cc1cc(C(C)C)cs1.Cc1csc(C)c1. The van der Waals surface area contributed by atoms with Gasteiger partial charge in [-0.25, -0.2) is 0 Å². The minimum Gasteiger partial charge on any atom is -0.149 e. The third-order valence-corrected chi connectivity index (χ3v) is 6.43. The molecule has 3 heterocycles. The molecule has 0 saturated heterocycles. The van der Waals surface area contributed by atoms with E-state index in [0.29, 0.717) is 5.92 Å². The highest BCUT2D eigenvalue weighted by atomic mass is 32.1. The number of thiophene rings is 3. The van der Waals surface area contributed by atoms with Crippen molar-refractivity contribution in [3.05, 3.63) is 65.7 Å². The third-order valence-electron chi connectivity index (χ3n) is 3.42. The molecule has 0 aliphatic carbocycles. The minimum absolute atomic E-state index is 0.690. The third kappa shape index (κ3) is 8.27. The van der Waals surface area contributed by atoms with E-state index in [1.807, 2.05) is 22.7 Å². The molecular weight excluding hydrogens is 348 g/mol. The first kappa shape index (κ1) is 21.1. The van der Waals surface area contributed by atoms with Gasteiger partial charge in [0.2, 0.25) is 0 Å². The monoisotopic (exact) mass is 378 g/mol. The van der Waals surface area contributed by atoms with Crippen LogP contribution in [0.15, 0.2) is 35.0 Å². The molecule has 24 heavy (non-hydrogen) atoms. The zero-order valence-electron chi connectivity index (χ0n) is 16.0. The van der Waals surface area contributed by atoms with Crippen molar-refractivity contribution in [2.45, 2.75) is 60.8 Å². The fraction of sp³-hybridized carbons (Fsp3) is 0.429. The molecule has 0 nitrogen and oxygen atoms in total. The molecule has 0 unspecified atom stereocenters. The highest BCUT2D eigenvalue weighted by Gasteiger charge is 1.98. The number of hydrogen-bond donors (Lipinski definition) is 0. The Hall–Kier alpha value is -0.900. The van der Waals surface area contributed by atoms with Gasteiger partial charge in [0.1, 0.15) is 0 Å². The van der Waals surface area contributed by atoms with E-state index in [1.165, 1.54) is 37.1 Å². The second-order valence-corrected chi connectivity index (χ2v) is 9.85. The predicted octanol–water partition coefficient (Wildman–Crippen LogP) is 8.16. The zero-order chi connectivity index (χ0) is 18.1. The Kier molecular flexibility index (Phi) is 9.57. The van der Waals surface area contributed by atoms with E-state index in [0.717, 1.165) is 0 Å². The van der Waals surface area contributed by atoms with E-state index in [9.17, 15) is 0 Å². The van der Waals surface area contributed by atoms with Crippen molar-refractivity contribution in [3.63, 3.8) is 0 Å². The first-order valence-corrected chi connectivity index (χ1v) is 11.0. The topological polar surface area (TPSA) is 0 Å². The molecule has 0 radical (unpaired) electrons. The van der Waals surface area contributed by atoms with Crippen molar-refractivity contribution >= 4 is 34.0 Å². The van der Waals surface area contributed by atoms with Crippen LogP contribution in [0.2, 0.25) is 0 Å². The standard InChI is InChI=1S/C8H12S.C7H10S.C6H8S/c1-6(2)8-4-7(3)9-5-8;1-3-7-5-4-6(2)8-7;1-5-3-6(2)7-4-5/h4-6H,1-3H3;4-5H,3H2,1-2H3;3-4H,1-2H3. The van der Waals surface area contributed by atoms with Gasteiger partial charge in [0, 0.05) is 19.5 Å². The van der Waals surface area contributed by atoms with E-state index >= 15 is 0 Å². The summed E-state index contributed by atoms with van der Waals surface area (Å²) in [6.45, 7) is 15.2. The summed E-state index contributed by atoms with van der Waals surface area (Å²) in [7, 11) is 0. The van der Waals surface area contributed by atoms with Crippen LogP contribution in [0.5, 0.6) is 0 Å². The quantitative estimate of drug-likeness (QED) is 0.422. The van der Waals surface area contributed by atoms with Crippen LogP contribution in [0.25, 0.3) is 0 Å². The van der Waals surface area contributed by atoms with Crippen molar-refractivity contribution in [2.75, 3.05) is 0 Å². The molecule has 0 aliphatic rings. The Balaban J connectivity index is 0.000000181. The maximum atomic E-state index is 2.26. The van der Waals surface area contributed by atoms with Crippen molar-refractivity contribution < 1.29 is 0 Å². The van der Waals surface area contributed by atoms with Gasteiger partial charge in [0.15, 0.2) is 0 Å². The fourth-order valence-corrected chi connectivity index (χ4v) is 4.41. The van der Waals surface area contributed by atoms with Gasteiger partial charge in [-0.05, 0) is 86.2 Å². The molecule has 0 saturated carbocycles. The predicted molar refractivity (Wildman–Crippen MR) is 115 cm³/mol. The van der Waals surface area contributed by atoms with Gasteiger partial charge in [-0.1, -0.05) is 20.8 Å². The Bertz CT molecular complexity index is 682. The van der Waals surface area contributed by atoms with E-state index in [-0.39, 0.29) is 0 Å². The maximum Gasteiger partial charge on any atom is 0.00453 e. The van der Waals surface area contributed by atoms with Crippen molar-refractivity contribution in [1.82, 2.24) is 0 Å². The highest BCUT2D eigenvalue weighted by molar-refractivity contribution is 7.11. The first-order chi connectivity index (χ1) is 11.3. The maximum absolute atomic E-state index is 2.26. The first-order valence-electron chi connectivity index (χ1n) is 8.43. The van der Waals surface area contributed by atoms with Crippen LogP contribution in [-0.4, -0.2) is 0 Å². The summed E-state index contributed by atoms with van der Waals surface area (Å²) in [5.41, 5.74) is 2.85. The van der Waals surface area contributed by atoms with Gasteiger partial charge >= 0.3 is 0 Å². The summed E-state index contributed by atoms with van der Waals surface area (Å²) in [5, 5.41) is 4.40. The Labute approximate surface area is 160 Å². The molecule has 0 N–H and O–H groups in total. The van der Waals surface area contributed by atoms with Gasteiger partial charge in [-0.15, -0.1) is 34.0 Å². The lowest BCUT2D eigenvalue weighted by atomic mass is 10.1. The summed E-state index contributed by atoms with van der Waals surface area (Å²) >= 11 is 5.52. The van der Waals surface area contributed by atoms with E-state index in [4.69, 9.17) is 0 Å². The molecule has 0 fully saturated rings. The summed E-state index contributed by atoms with van der Waals surface area (Å²) in [6.07, 6.45) is 1.18. The van der Waals surface area contributed by atoms with Gasteiger partial charge in [0.05, 0.1) is 0 Å². The molecule has 0 spiro atoms. The van der Waals surface area contributed by atoms with Crippen LogP contribution in [0.4, 0.5) is 0 Å². The van der Waals surface area contributed by atoms with Crippen LogP contribution >= 0.6 is 34.0 Å². The van der Waals surface area contributed by atoms with E-state index in [2.05, 4.69) is 83.5 Å². The second-order valence-electron chi connectivity index (χ2n) is 6.25. The summed E-state index contributed by atoms with van der Waals surface area (Å²) < 4.78 is 0. The normalized spacial score (nSPS) is 10.0. The molecule has 0 atom stereocenters. The average Bonchev–Trinajstić information content (AvgIpc) is 3.23. The van der Waals surface area contributed by atoms with Crippen molar-refractivity contribution in [1.29, 1.82) is 0 Å². The Morgan fingerprint density at radius 3 is 1.67 bits per heavy atom. The van der Waals surface area contributed by atoms with Gasteiger partial charge in [-0.3, -0.25) is 0 Å². The summed E-state index contributed by atoms with van der Waals surface area (Å²) in [4.78, 5) is 5.72. The second kappa shape index (κ2) is 10.9. The van der Waals surface area contributed by atoms with Gasteiger partial charge in [-0.2, -0.15) is 0 Å². The molecule has 0 amide bonds. The van der Waals surface area contributed by atoms with Crippen molar-refractivity contribution in [3.8, 4) is 0 Å². The van der Waals surface area contributed by atoms with E-state index < -0.39 is 0 Å². The largest absolute Gasteiger partial charge is 0.149 e. The summed E-state index contributed by atoms with van der Waals surface area (Å²) in [6, 6.07) is 8.81. The lowest BCUT2D eigenvalue weighted by Gasteiger charge is -1.96. The van der Waals surface area contributed by atoms with Crippen LogP contribution in [-0.2, 0) is 6.42 Å². The van der Waals surface area contributed by atoms with E-state index in [1.54, 1.807) is 11.3 Å². The molecule has 3 aromatic rings. The lowest BCUT2D eigenvalue weighted by Crippen LogP contribution is -1.79. The van der Waals surface area contributed by atoms with Crippen LogP contribution in [0.1, 0.15) is 57.3 Å². The molecule has 3 heteroatoms. The average molecular weight is 379 g/mol. The van der Waals surface area contributed by atoms with Gasteiger partial charge < -0.3 is 0 Å². The zero-order valence-corrected chi connectivity index (χ0v) is 18.4. The molecule has 0 bridgehead atoms. The Morgan fingerprint density at radius 2 is 1.46 bits per heavy atom. The minimum atomic E-state index is 0.690. The number of hydrogen-bond acceptors (Lipinski definition) is 3. The highest BCUT2D eigenvalue weighted by Crippen LogP contribution is 2.20. The number of rotatable bonds is 2. The summed E-state index contributed by atoms with van der Waals surface area (Å²) in [5.74, 6) is 0.690. The number of aryl methyl sites for hydroxylation is 5. The molecule has 3 rings (SSSR count). The fourth-order valence-electron chi connectivity index (χ4n) is 2.02. The molecule has 0 aromatic carbocycles. The lowest BCUT2D eigenvalue weighted by molar-refractivity contribution is 0.871. The Morgan fingerprint density at radius 1 is 0.833 bits per heavy atom. The smallest absolute Gasteiger partial charge is 0.00453 e. The van der Waals surface area contributed by atoms with Crippen molar-refractivity contribution in [2.24, 2.45) is 0 Å². The van der Waals surface area contributed by atoms with Crippen LogP contribution in [0.3, 0.4) is 0 Å². The van der Waals surface area contributed by atoms with Crippen LogP contribution in [0, 0.1) is 27.7 Å². The molecule has 0 aliphatic heterocycles. The molecule has 132 valence electrons. The molecule has 3 aromatic heterocycles. The van der Waals surface area contributed by atoms with Gasteiger partial charge in [0.25, 0.3) is 0 Å². The van der Waals surface area contributed by atoms with Crippen LogP contribution < -0.4 is 0 Å².